The second-order valence-corrected chi connectivity index (χ2v) is 4.79. The van der Waals surface area contributed by atoms with Crippen LogP contribution in [0.1, 0.15) is 25.5 Å². The molecule has 2 rings (SSSR count). The van der Waals surface area contributed by atoms with Gasteiger partial charge < -0.3 is 5.73 Å². The fourth-order valence-corrected chi connectivity index (χ4v) is 1.82. The number of nitrogen functional groups attached to an aromatic ring is 1. The highest BCUT2D eigenvalue weighted by molar-refractivity contribution is 6.30. The Morgan fingerprint density at radius 2 is 1.89 bits per heavy atom. The highest BCUT2D eigenvalue weighted by atomic mass is 35.5. The van der Waals surface area contributed by atoms with Crippen molar-refractivity contribution >= 4 is 17.4 Å². The third-order valence-corrected chi connectivity index (χ3v) is 2.70. The molecule has 94 valence electrons. The number of nitrogens with two attached hydrogens (primary N) is 1. The molecular weight excluding hydrogens is 253 g/mol. The molecule has 2 N–H and O–H groups in total. The largest absolute Gasteiger partial charge is 0.384 e. The van der Waals surface area contributed by atoms with E-state index in [1.165, 1.54) is 12.1 Å². The predicted octanol–water partition coefficient (Wildman–Crippen LogP) is 3.64. The van der Waals surface area contributed by atoms with Gasteiger partial charge in [-0.2, -0.15) is 0 Å². The van der Waals surface area contributed by atoms with Gasteiger partial charge in [-0.15, -0.1) is 0 Å². The topological polar surface area (TPSA) is 51.8 Å². The fourth-order valence-electron chi connectivity index (χ4n) is 1.59. The van der Waals surface area contributed by atoms with E-state index in [9.17, 15) is 4.39 Å². The van der Waals surface area contributed by atoms with Crippen LogP contribution in [0.15, 0.2) is 24.3 Å². The number of aromatic nitrogens is 2. The highest BCUT2D eigenvalue weighted by Crippen LogP contribution is 2.24. The van der Waals surface area contributed by atoms with Crippen LogP contribution in [0, 0.1) is 5.82 Å². The average Bonchev–Trinajstić information content (AvgIpc) is 2.26. The van der Waals surface area contributed by atoms with E-state index in [2.05, 4.69) is 9.97 Å². The van der Waals surface area contributed by atoms with Crippen LogP contribution in [-0.4, -0.2) is 9.97 Å². The van der Waals surface area contributed by atoms with Crippen molar-refractivity contribution in [3.8, 4) is 11.4 Å². The van der Waals surface area contributed by atoms with Crippen LogP contribution in [0.2, 0.25) is 5.02 Å². The van der Waals surface area contributed by atoms with Crippen molar-refractivity contribution in [2.24, 2.45) is 0 Å². The molecule has 5 heteroatoms. The number of rotatable bonds is 2. The van der Waals surface area contributed by atoms with Gasteiger partial charge >= 0.3 is 0 Å². The highest BCUT2D eigenvalue weighted by Gasteiger charge is 2.09. The first-order valence-corrected chi connectivity index (χ1v) is 5.94. The minimum Gasteiger partial charge on any atom is -0.384 e. The van der Waals surface area contributed by atoms with Gasteiger partial charge in [0.15, 0.2) is 5.82 Å². The van der Waals surface area contributed by atoms with Crippen LogP contribution in [0.5, 0.6) is 0 Å². The number of halogens is 2. The summed E-state index contributed by atoms with van der Waals surface area (Å²) in [5, 5.41) is 0.308. The van der Waals surface area contributed by atoms with Crippen LogP contribution >= 0.6 is 11.6 Å². The van der Waals surface area contributed by atoms with Crippen molar-refractivity contribution in [2.75, 3.05) is 5.73 Å². The van der Waals surface area contributed by atoms with Crippen molar-refractivity contribution in [1.29, 1.82) is 0 Å². The lowest BCUT2D eigenvalue weighted by molar-refractivity contribution is 0.628. The van der Waals surface area contributed by atoms with Gasteiger partial charge in [0.2, 0.25) is 0 Å². The number of anilines is 1. The zero-order chi connectivity index (χ0) is 13.3. The molecule has 0 aliphatic carbocycles. The van der Waals surface area contributed by atoms with Crippen molar-refractivity contribution in [2.45, 2.75) is 19.8 Å². The van der Waals surface area contributed by atoms with E-state index < -0.39 is 5.82 Å². The third kappa shape index (κ3) is 2.76. The summed E-state index contributed by atoms with van der Waals surface area (Å²) in [7, 11) is 0. The minimum absolute atomic E-state index is 0.220. The molecular formula is C13H13ClFN3. The molecule has 18 heavy (non-hydrogen) atoms. The van der Waals surface area contributed by atoms with Crippen LogP contribution in [0.3, 0.4) is 0 Å². The predicted molar refractivity (Wildman–Crippen MR) is 70.9 cm³/mol. The summed E-state index contributed by atoms with van der Waals surface area (Å²) in [6.45, 7) is 4.01. The average molecular weight is 266 g/mol. The Kier molecular flexibility index (Phi) is 3.48. The van der Waals surface area contributed by atoms with Crippen LogP contribution in [-0.2, 0) is 0 Å². The van der Waals surface area contributed by atoms with Gasteiger partial charge in [0.1, 0.15) is 11.6 Å². The Morgan fingerprint density at radius 1 is 1.17 bits per heavy atom. The normalized spacial score (nSPS) is 10.9. The zero-order valence-corrected chi connectivity index (χ0v) is 10.9. The summed E-state index contributed by atoms with van der Waals surface area (Å²) in [6.07, 6.45) is 0. The molecule has 0 atom stereocenters. The van der Waals surface area contributed by atoms with Gasteiger partial charge in [-0.3, -0.25) is 0 Å². The van der Waals surface area contributed by atoms with E-state index >= 15 is 0 Å². The molecule has 0 aliphatic rings. The quantitative estimate of drug-likeness (QED) is 0.902. The Balaban J connectivity index is 2.56. The third-order valence-electron chi connectivity index (χ3n) is 2.48. The number of hydrogen-bond acceptors (Lipinski definition) is 3. The Hall–Kier alpha value is -1.68. The molecule has 0 unspecified atom stereocenters. The summed E-state index contributed by atoms with van der Waals surface area (Å²) >= 11 is 5.82. The van der Waals surface area contributed by atoms with E-state index in [0.717, 1.165) is 5.69 Å². The molecule has 0 spiro atoms. The first-order chi connectivity index (χ1) is 8.45. The number of benzene rings is 1. The van der Waals surface area contributed by atoms with Crippen molar-refractivity contribution in [1.82, 2.24) is 9.97 Å². The molecule has 0 saturated heterocycles. The molecule has 1 aromatic carbocycles. The Bertz CT molecular complexity index is 564. The van der Waals surface area contributed by atoms with Crippen molar-refractivity contribution in [3.63, 3.8) is 0 Å². The summed E-state index contributed by atoms with van der Waals surface area (Å²) < 4.78 is 13.3. The van der Waals surface area contributed by atoms with Gasteiger partial charge in [0.25, 0.3) is 0 Å². The summed E-state index contributed by atoms with van der Waals surface area (Å²) in [5.74, 6) is 0.553. The van der Waals surface area contributed by atoms with Gasteiger partial charge in [-0.05, 0) is 24.1 Å². The molecule has 2 aromatic rings. The fraction of sp³-hybridized carbons (Fsp3) is 0.231. The molecule has 0 bridgehead atoms. The maximum atomic E-state index is 13.3. The standard InChI is InChI=1S/C13H13ClFN3/c1-7(2)11-6-12(16)18-13(17-11)8-3-9(14)5-10(15)4-8/h3-7H,1-2H3,(H2,16,17,18). The molecule has 1 heterocycles. The maximum absolute atomic E-state index is 13.3. The molecule has 0 aliphatic heterocycles. The first kappa shape index (κ1) is 12.8. The first-order valence-electron chi connectivity index (χ1n) is 5.56. The minimum atomic E-state index is -0.422. The summed E-state index contributed by atoms with van der Waals surface area (Å²) in [4.78, 5) is 8.48. The van der Waals surface area contributed by atoms with E-state index in [4.69, 9.17) is 17.3 Å². The second kappa shape index (κ2) is 4.90. The van der Waals surface area contributed by atoms with Crippen molar-refractivity contribution in [3.05, 3.63) is 40.8 Å². The van der Waals surface area contributed by atoms with E-state index in [-0.39, 0.29) is 5.92 Å². The molecule has 0 saturated carbocycles. The Labute approximate surface area is 110 Å². The van der Waals surface area contributed by atoms with Gasteiger partial charge in [-0.1, -0.05) is 25.4 Å². The molecule has 1 aromatic heterocycles. The maximum Gasteiger partial charge on any atom is 0.161 e. The zero-order valence-electron chi connectivity index (χ0n) is 10.1. The van der Waals surface area contributed by atoms with E-state index in [1.807, 2.05) is 13.8 Å². The molecule has 0 radical (unpaired) electrons. The lowest BCUT2D eigenvalue weighted by Gasteiger charge is -2.08. The van der Waals surface area contributed by atoms with Crippen LogP contribution < -0.4 is 5.73 Å². The monoisotopic (exact) mass is 265 g/mol. The SMILES string of the molecule is CC(C)c1cc(N)nc(-c2cc(F)cc(Cl)c2)n1. The summed E-state index contributed by atoms with van der Waals surface area (Å²) in [6, 6.07) is 5.91. The Morgan fingerprint density at radius 3 is 2.50 bits per heavy atom. The van der Waals surface area contributed by atoms with E-state index in [1.54, 1.807) is 12.1 Å². The van der Waals surface area contributed by atoms with Gasteiger partial charge in [-0.25, -0.2) is 14.4 Å². The number of nitrogens with zero attached hydrogens (tertiary/aromatic N) is 2. The molecule has 0 amide bonds. The number of hydrogen-bond donors (Lipinski definition) is 1. The summed E-state index contributed by atoms with van der Waals surface area (Å²) in [5.41, 5.74) is 7.07. The van der Waals surface area contributed by atoms with Gasteiger partial charge in [0.05, 0.1) is 0 Å². The smallest absolute Gasteiger partial charge is 0.161 e. The molecule has 3 nitrogen and oxygen atoms in total. The van der Waals surface area contributed by atoms with Gasteiger partial charge in [0, 0.05) is 22.3 Å². The van der Waals surface area contributed by atoms with Crippen molar-refractivity contribution < 1.29 is 4.39 Å². The van der Waals surface area contributed by atoms with E-state index in [0.29, 0.717) is 22.2 Å². The second-order valence-electron chi connectivity index (χ2n) is 4.35. The lowest BCUT2D eigenvalue weighted by atomic mass is 10.1. The lowest BCUT2D eigenvalue weighted by Crippen LogP contribution is -2.01. The van der Waals surface area contributed by atoms with Crippen LogP contribution in [0.25, 0.3) is 11.4 Å². The molecule has 0 fully saturated rings. The van der Waals surface area contributed by atoms with Crippen LogP contribution in [0.4, 0.5) is 10.2 Å².